The molecule has 11 heteroatoms. The predicted molar refractivity (Wildman–Crippen MR) is 130 cm³/mol. The Morgan fingerprint density at radius 1 is 1.11 bits per heavy atom. The molecule has 186 valence electrons. The molecule has 7 nitrogen and oxygen atoms in total. The summed E-state index contributed by atoms with van der Waals surface area (Å²) in [6.45, 7) is 2.55. The molecule has 35 heavy (non-hydrogen) atoms. The average Bonchev–Trinajstić information content (AvgIpc) is 3.16. The van der Waals surface area contributed by atoms with Crippen LogP contribution >= 0.6 is 11.9 Å². The molecule has 0 radical (unpaired) electrons. The van der Waals surface area contributed by atoms with Crippen LogP contribution in [-0.4, -0.2) is 43.1 Å². The molecule has 0 spiro atoms. The fourth-order valence-corrected chi connectivity index (χ4v) is 6.90. The number of allylic oxidation sites excluding steroid dienone is 3. The number of benzene rings is 1. The van der Waals surface area contributed by atoms with Gasteiger partial charge >= 0.3 is 6.29 Å². The van der Waals surface area contributed by atoms with Gasteiger partial charge < -0.3 is 9.47 Å². The van der Waals surface area contributed by atoms with Crippen LogP contribution in [0, 0.1) is 6.92 Å². The number of hydrogen-bond donors (Lipinski definition) is 0. The molecule has 1 aromatic carbocycles. The van der Waals surface area contributed by atoms with E-state index in [0.717, 1.165) is 35.3 Å². The van der Waals surface area contributed by atoms with E-state index < -0.39 is 16.3 Å². The third-order valence-electron chi connectivity index (χ3n) is 6.03. The minimum Gasteiger partial charge on any atom is -0.395 e. The third kappa shape index (κ3) is 5.17. The number of hydrogen-bond acceptors (Lipinski definition) is 7. The van der Waals surface area contributed by atoms with Crippen LogP contribution in [0.5, 0.6) is 11.5 Å². The molecule has 1 fully saturated rings. The molecule has 0 bridgehead atoms. The Balaban J connectivity index is 1.32. The zero-order valence-corrected chi connectivity index (χ0v) is 20.7. The number of aryl methyl sites for hydroxylation is 1. The number of anilines is 1. The van der Waals surface area contributed by atoms with Gasteiger partial charge in [0.1, 0.15) is 5.82 Å². The van der Waals surface area contributed by atoms with E-state index in [-0.39, 0.29) is 22.4 Å². The van der Waals surface area contributed by atoms with Crippen molar-refractivity contribution in [3.8, 4) is 11.5 Å². The van der Waals surface area contributed by atoms with Crippen molar-refractivity contribution < 1.29 is 26.7 Å². The number of sulfonamides is 1. The van der Waals surface area contributed by atoms with Gasteiger partial charge in [-0.1, -0.05) is 24.3 Å². The van der Waals surface area contributed by atoms with Crippen LogP contribution in [0.3, 0.4) is 0 Å². The van der Waals surface area contributed by atoms with Crippen molar-refractivity contribution in [2.45, 2.75) is 49.8 Å². The van der Waals surface area contributed by atoms with Crippen LogP contribution in [0.1, 0.15) is 31.4 Å². The first-order valence-corrected chi connectivity index (χ1v) is 13.6. The second-order valence-electron chi connectivity index (χ2n) is 8.55. The number of nitrogens with zero attached hydrogens (tertiary/aromatic N) is 3. The Morgan fingerprint density at radius 2 is 1.89 bits per heavy atom. The Kier molecular flexibility index (Phi) is 6.49. The van der Waals surface area contributed by atoms with E-state index in [1.807, 2.05) is 25.1 Å². The van der Waals surface area contributed by atoms with Crippen molar-refractivity contribution >= 4 is 27.8 Å². The third-order valence-corrected chi connectivity index (χ3v) is 9.12. The predicted octanol–water partition coefficient (Wildman–Crippen LogP) is 5.25. The van der Waals surface area contributed by atoms with Crippen molar-refractivity contribution in [2.75, 3.05) is 17.4 Å². The van der Waals surface area contributed by atoms with Crippen molar-refractivity contribution in [2.24, 2.45) is 0 Å². The fourth-order valence-electron chi connectivity index (χ4n) is 4.29. The first-order chi connectivity index (χ1) is 16.7. The molecule has 1 aromatic heterocycles. The molecule has 2 aliphatic heterocycles. The fraction of sp³-hybridized carbons (Fsp3) is 0.375. The number of piperidine rings is 1. The summed E-state index contributed by atoms with van der Waals surface area (Å²) in [5, 5.41) is 0. The quantitative estimate of drug-likeness (QED) is 0.481. The summed E-state index contributed by atoms with van der Waals surface area (Å²) in [6.07, 6.45) is 5.89. The molecule has 1 aliphatic carbocycles. The molecular formula is C24H25F2N3O4S2. The number of halogens is 2. The second-order valence-corrected chi connectivity index (χ2v) is 11.5. The lowest BCUT2D eigenvalue weighted by molar-refractivity contribution is -0.286. The van der Waals surface area contributed by atoms with E-state index in [1.165, 1.54) is 16.4 Å². The molecular weight excluding hydrogens is 496 g/mol. The molecule has 3 aliphatic rings. The minimum absolute atomic E-state index is 0.0763. The topological polar surface area (TPSA) is 72.0 Å². The molecule has 2 aromatic rings. The summed E-state index contributed by atoms with van der Waals surface area (Å²) < 4.78 is 65.6. The van der Waals surface area contributed by atoms with E-state index in [4.69, 9.17) is 4.98 Å². The van der Waals surface area contributed by atoms with E-state index in [9.17, 15) is 17.2 Å². The highest BCUT2D eigenvalue weighted by Crippen LogP contribution is 2.42. The normalized spacial score (nSPS) is 20.0. The van der Waals surface area contributed by atoms with Gasteiger partial charge in [0.15, 0.2) is 11.5 Å². The standard InChI is InChI=1S/C24H25F2N3O4S2/c1-17-6-5-9-23(27-17)29(34-19-7-3-2-4-8-19)18-12-14-28(15-13-18)35(30,31)20-10-11-21-22(16-20)33-24(25,26)32-21/h3,5-11,16,18H,2,4,12-15H2,1H3. The number of aromatic nitrogens is 1. The van der Waals surface area contributed by atoms with Gasteiger partial charge in [0, 0.05) is 35.8 Å². The monoisotopic (exact) mass is 521 g/mol. The number of fused-ring (bicyclic) bond motifs is 1. The lowest BCUT2D eigenvalue weighted by Gasteiger charge is -2.38. The van der Waals surface area contributed by atoms with E-state index in [2.05, 4.69) is 32.0 Å². The number of rotatable bonds is 6. The SMILES string of the molecule is Cc1cccc(N(SC2=CCCC=C2)C2CCN(S(=O)(=O)c3ccc4c(c3)OC(F)(F)O4)CC2)n1. The largest absolute Gasteiger partial charge is 0.586 e. The average molecular weight is 522 g/mol. The molecule has 0 amide bonds. The maximum Gasteiger partial charge on any atom is 0.586 e. The summed E-state index contributed by atoms with van der Waals surface area (Å²) in [6, 6.07) is 9.53. The zero-order valence-electron chi connectivity index (χ0n) is 19.1. The molecule has 0 saturated carbocycles. The molecule has 0 N–H and O–H groups in total. The summed E-state index contributed by atoms with van der Waals surface area (Å²) in [5.41, 5.74) is 0.912. The van der Waals surface area contributed by atoms with Crippen LogP contribution in [0.4, 0.5) is 14.6 Å². The lowest BCUT2D eigenvalue weighted by atomic mass is 10.1. The Bertz CT molecular complexity index is 1280. The minimum atomic E-state index is -3.88. The first-order valence-electron chi connectivity index (χ1n) is 11.4. The second kappa shape index (κ2) is 9.44. The number of pyridine rings is 1. The van der Waals surface area contributed by atoms with Crippen LogP contribution < -0.4 is 13.8 Å². The molecule has 5 rings (SSSR count). The summed E-state index contributed by atoms with van der Waals surface area (Å²) in [7, 11) is -3.88. The van der Waals surface area contributed by atoms with E-state index in [1.54, 1.807) is 11.9 Å². The molecule has 1 saturated heterocycles. The van der Waals surface area contributed by atoms with Gasteiger partial charge in [-0.2, -0.15) is 4.31 Å². The molecule has 0 unspecified atom stereocenters. The highest BCUT2D eigenvalue weighted by molar-refractivity contribution is 8.04. The van der Waals surface area contributed by atoms with Gasteiger partial charge in [-0.25, -0.2) is 13.4 Å². The number of ether oxygens (including phenoxy) is 2. The maximum absolute atomic E-state index is 13.3. The lowest BCUT2D eigenvalue weighted by Crippen LogP contribution is -2.45. The van der Waals surface area contributed by atoms with Crippen LogP contribution in [-0.2, 0) is 10.0 Å². The van der Waals surface area contributed by atoms with Crippen molar-refractivity contribution in [1.29, 1.82) is 0 Å². The van der Waals surface area contributed by atoms with Crippen LogP contribution in [0.2, 0.25) is 0 Å². The number of alkyl halides is 2. The van der Waals surface area contributed by atoms with Gasteiger partial charge in [-0.3, -0.25) is 4.31 Å². The van der Waals surface area contributed by atoms with Crippen molar-refractivity contribution in [3.63, 3.8) is 0 Å². The zero-order chi connectivity index (χ0) is 24.6. The molecule has 0 atom stereocenters. The Labute approximate surface area is 207 Å². The van der Waals surface area contributed by atoms with E-state index in [0.29, 0.717) is 25.9 Å². The Morgan fingerprint density at radius 3 is 2.60 bits per heavy atom. The maximum atomic E-state index is 13.3. The highest BCUT2D eigenvalue weighted by atomic mass is 32.2. The first kappa shape index (κ1) is 24.1. The van der Waals surface area contributed by atoms with Gasteiger partial charge in [0.25, 0.3) is 0 Å². The van der Waals surface area contributed by atoms with Crippen molar-refractivity contribution in [3.05, 3.63) is 65.2 Å². The van der Waals surface area contributed by atoms with E-state index >= 15 is 0 Å². The highest BCUT2D eigenvalue weighted by Gasteiger charge is 2.44. The summed E-state index contributed by atoms with van der Waals surface area (Å²) in [4.78, 5) is 5.76. The van der Waals surface area contributed by atoms with Crippen LogP contribution in [0.25, 0.3) is 0 Å². The summed E-state index contributed by atoms with van der Waals surface area (Å²) in [5.74, 6) is 0.373. The van der Waals surface area contributed by atoms with Crippen molar-refractivity contribution in [1.82, 2.24) is 9.29 Å². The van der Waals surface area contributed by atoms with Gasteiger partial charge in [0.05, 0.1) is 4.90 Å². The van der Waals surface area contributed by atoms with Gasteiger partial charge in [-0.05, 0) is 68.8 Å². The smallest absolute Gasteiger partial charge is 0.395 e. The summed E-state index contributed by atoms with van der Waals surface area (Å²) >= 11 is 1.63. The van der Waals surface area contributed by atoms with Gasteiger partial charge in [0.2, 0.25) is 10.0 Å². The molecule has 3 heterocycles. The Hall–Kier alpha value is -2.63. The van der Waals surface area contributed by atoms with Crippen LogP contribution in [0.15, 0.2) is 64.4 Å². The van der Waals surface area contributed by atoms with Gasteiger partial charge in [-0.15, -0.1) is 8.78 Å².